The highest BCUT2D eigenvalue weighted by Crippen LogP contribution is 2.32. The van der Waals surface area contributed by atoms with Gasteiger partial charge in [0.05, 0.1) is 17.0 Å². The Bertz CT molecular complexity index is 1000. The smallest absolute Gasteiger partial charge is 0.321 e. The summed E-state index contributed by atoms with van der Waals surface area (Å²) in [5.74, 6) is -0.137. The summed E-state index contributed by atoms with van der Waals surface area (Å²) in [6.45, 7) is 1.25. The molecule has 1 aromatic carbocycles. The summed E-state index contributed by atoms with van der Waals surface area (Å²) in [7, 11) is 0. The molecule has 1 saturated heterocycles. The van der Waals surface area contributed by atoms with Crippen molar-refractivity contribution in [1.82, 2.24) is 10.3 Å². The van der Waals surface area contributed by atoms with Crippen molar-refractivity contribution >= 4 is 61.9 Å². The summed E-state index contributed by atoms with van der Waals surface area (Å²) in [6, 6.07) is 9.20. The molecule has 3 amide bonds. The molecule has 9 heteroatoms. The number of aromatic nitrogens is 1. The Kier molecular flexibility index (Phi) is 5.24. The highest BCUT2D eigenvalue weighted by Gasteiger charge is 2.21. The normalized spacial score (nSPS) is 13.7. The lowest BCUT2D eigenvalue weighted by Gasteiger charge is -2.15. The highest BCUT2D eigenvalue weighted by atomic mass is 79.9. The van der Waals surface area contributed by atoms with Gasteiger partial charge in [0.2, 0.25) is 5.91 Å². The van der Waals surface area contributed by atoms with Gasteiger partial charge in [0.15, 0.2) is 0 Å². The van der Waals surface area contributed by atoms with Crippen LogP contribution in [0.1, 0.15) is 5.69 Å². The first-order chi connectivity index (χ1) is 13.1. The molecule has 0 atom stereocenters. The molecule has 0 saturated carbocycles. The van der Waals surface area contributed by atoms with Crippen LogP contribution in [0.15, 0.2) is 45.6 Å². The average Bonchev–Trinajstić information content (AvgIpc) is 3.36. The van der Waals surface area contributed by atoms with Crippen molar-refractivity contribution in [3.63, 3.8) is 0 Å². The molecule has 4 rings (SSSR count). The first kappa shape index (κ1) is 18.1. The molecule has 1 aliphatic rings. The van der Waals surface area contributed by atoms with Gasteiger partial charge in [0, 0.05) is 39.7 Å². The first-order valence-corrected chi connectivity index (χ1v) is 10.8. The number of rotatable bonds is 5. The van der Waals surface area contributed by atoms with Gasteiger partial charge in [-0.05, 0) is 40.2 Å². The third-order valence-corrected chi connectivity index (χ3v) is 6.72. The number of thiazole rings is 1. The Morgan fingerprint density at radius 3 is 2.93 bits per heavy atom. The number of thiophene rings is 1. The van der Waals surface area contributed by atoms with E-state index in [1.807, 2.05) is 35.0 Å². The van der Waals surface area contributed by atoms with Crippen LogP contribution in [0, 0.1) is 0 Å². The van der Waals surface area contributed by atoms with Gasteiger partial charge in [-0.3, -0.25) is 9.69 Å². The molecule has 1 aliphatic heterocycles. The number of carbonyl (C=O) groups excluding carboxylic acids is 2. The van der Waals surface area contributed by atoms with Crippen LogP contribution in [0.5, 0.6) is 0 Å². The maximum atomic E-state index is 12.4. The summed E-state index contributed by atoms with van der Waals surface area (Å²) in [5, 5.41) is 10.5. The Hall–Kier alpha value is -2.23. The van der Waals surface area contributed by atoms with E-state index < -0.39 is 0 Å². The molecule has 3 heterocycles. The van der Waals surface area contributed by atoms with Crippen molar-refractivity contribution in [2.45, 2.75) is 6.42 Å². The minimum atomic E-state index is -0.137. The van der Waals surface area contributed by atoms with Crippen LogP contribution in [0.2, 0.25) is 0 Å². The van der Waals surface area contributed by atoms with Gasteiger partial charge in [-0.25, -0.2) is 9.78 Å². The molecule has 0 aliphatic carbocycles. The molecule has 0 spiro atoms. The summed E-state index contributed by atoms with van der Waals surface area (Å²) in [5.41, 5.74) is 2.17. The highest BCUT2D eigenvalue weighted by molar-refractivity contribution is 9.10. The lowest BCUT2D eigenvalue weighted by Crippen LogP contribution is -2.27. The minimum Gasteiger partial charge on any atom is -0.336 e. The molecule has 27 heavy (non-hydrogen) atoms. The zero-order valence-electron chi connectivity index (χ0n) is 14.1. The lowest BCUT2D eigenvalue weighted by molar-refractivity contribution is -0.115. The van der Waals surface area contributed by atoms with E-state index in [1.54, 1.807) is 22.3 Å². The van der Waals surface area contributed by atoms with Gasteiger partial charge in [-0.2, -0.15) is 0 Å². The summed E-state index contributed by atoms with van der Waals surface area (Å²) < 4.78 is 1.03. The van der Waals surface area contributed by atoms with Crippen LogP contribution >= 0.6 is 38.6 Å². The van der Waals surface area contributed by atoms with Crippen molar-refractivity contribution in [2.75, 3.05) is 23.3 Å². The second kappa shape index (κ2) is 7.79. The van der Waals surface area contributed by atoms with Gasteiger partial charge in [-0.15, -0.1) is 22.7 Å². The molecule has 0 unspecified atom stereocenters. The molecular formula is C18H15BrN4O2S2. The number of nitrogens with zero attached hydrogens (tertiary/aromatic N) is 2. The van der Waals surface area contributed by atoms with Gasteiger partial charge in [0.1, 0.15) is 5.01 Å². The maximum Gasteiger partial charge on any atom is 0.321 e. The standard InChI is InChI=1S/C18H15BrN4O2S2/c19-11-6-15(26-9-11)17-22-13(10-27-17)8-16(24)21-12-2-1-3-14(7-12)23-5-4-20-18(23)25/h1-3,6-7,9-10H,4-5,8H2,(H,20,25)(H,21,24). The third-order valence-electron chi connectivity index (χ3n) is 3.97. The van der Waals surface area contributed by atoms with E-state index in [4.69, 9.17) is 0 Å². The maximum absolute atomic E-state index is 12.4. The fourth-order valence-corrected chi connectivity index (χ4v) is 5.09. The molecule has 0 radical (unpaired) electrons. The largest absolute Gasteiger partial charge is 0.336 e. The molecular weight excluding hydrogens is 448 g/mol. The minimum absolute atomic E-state index is 0.117. The summed E-state index contributed by atoms with van der Waals surface area (Å²) in [4.78, 5) is 31.5. The molecule has 2 aromatic heterocycles. The van der Waals surface area contributed by atoms with E-state index in [2.05, 4.69) is 31.5 Å². The number of urea groups is 1. The van der Waals surface area contributed by atoms with Crippen LogP contribution in [0.3, 0.4) is 0 Å². The van der Waals surface area contributed by atoms with Crippen molar-refractivity contribution in [1.29, 1.82) is 0 Å². The van der Waals surface area contributed by atoms with E-state index >= 15 is 0 Å². The fourth-order valence-electron chi connectivity index (χ4n) is 2.77. The third kappa shape index (κ3) is 4.20. The first-order valence-electron chi connectivity index (χ1n) is 8.22. The molecule has 0 bridgehead atoms. The Morgan fingerprint density at radius 1 is 1.30 bits per heavy atom. The lowest BCUT2D eigenvalue weighted by atomic mass is 10.2. The summed E-state index contributed by atoms with van der Waals surface area (Å²) in [6.07, 6.45) is 0.206. The van der Waals surface area contributed by atoms with E-state index in [0.29, 0.717) is 18.8 Å². The number of halogens is 1. The Morgan fingerprint density at radius 2 is 2.19 bits per heavy atom. The van der Waals surface area contributed by atoms with Crippen molar-refractivity contribution in [3.8, 4) is 9.88 Å². The Balaban J connectivity index is 1.41. The van der Waals surface area contributed by atoms with Crippen LogP contribution in [0.25, 0.3) is 9.88 Å². The van der Waals surface area contributed by atoms with E-state index in [-0.39, 0.29) is 18.4 Å². The van der Waals surface area contributed by atoms with Crippen LogP contribution < -0.4 is 15.5 Å². The molecule has 6 nitrogen and oxygen atoms in total. The number of carbonyl (C=O) groups is 2. The van der Waals surface area contributed by atoms with Crippen molar-refractivity contribution < 1.29 is 9.59 Å². The number of anilines is 2. The number of hydrogen-bond donors (Lipinski definition) is 2. The SMILES string of the molecule is O=C(Cc1csc(-c2cc(Br)cs2)n1)Nc1cccc(N2CCNC2=O)c1. The number of nitrogens with one attached hydrogen (secondary N) is 2. The van der Waals surface area contributed by atoms with Gasteiger partial charge < -0.3 is 10.6 Å². The number of benzene rings is 1. The fraction of sp³-hybridized carbons (Fsp3) is 0.167. The van der Waals surface area contributed by atoms with E-state index in [0.717, 1.165) is 25.7 Å². The second-order valence-corrected chi connectivity index (χ2v) is 8.62. The molecule has 1 fully saturated rings. The number of amides is 3. The zero-order chi connectivity index (χ0) is 18.8. The van der Waals surface area contributed by atoms with Crippen LogP contribution in [0.4, 0.5) is 16.2 Å². The topological polar surface area (TPSA) is 74.3 Å². The predicted molar refractivity (Wildman–Crippen MR) is 113 cm³/mol. The predicted octanol–water partition coefficient (Wildman–Crippen LogP) is 4.34. The average molecular weight is 463 g/mol. The van der Waals surface area contributed by atoms with Crippen molar-refractivity contribution in [3.05, 3.63) is 51.3 Å². The number of hydrogen-bond acceptors (Lipinski definition) is 5. The van der Waals surface area contributed by atoms with Gasteiger partial charge >= 0.3 is 6.03 Å². The summed E-state index contributed by atoms with van der Waals surface area (Å²) >= 11 is 6.59. The second-order valence-electron chi connectivity index (χ2n) is 5.93. The Labute approximate surface area is 172 Å². The molecule has 138 valence electrons. The van der Waals surface area contributed by atoms with E-state index in [1.165, 1.54) is 11.3 Å². The molecule has 3 aromatic rings. The monoisotopic (exact) mass is 462 g/mol. The van der Waals surface area contributed by atoms with Crippen LogP contribution in [-0.4, -0.2) is 30.0 Å². The zero-order valence-corrected chi connectivity index (χ0v) is 17.3. The van der Waals surface area contributed by atoms with E-state index in [9.17, 15) is 9.59 Å². The van der Waals surface area contributed by atoms with Crippen LogP contribution in [-0.2, 0) is 11.2 Å². The molecule has 2 N–H and O–H groups in total. The quantitative estimate of drug-likeness (QED) is 0.591. The van der Waals surface area contributed by atoms with Gasteiger partial charge in [-0.1, -0.05) is 6.07 Å². The van der Waals surface area contributed by atoms with Crippen molar-refractivity contribution in [2.24, 2.45) is 0 Å². The van der Waals surface area contributed by atoms with Gasteiger partial charge in [0.25, 0.3) is 0 Å².